The molecule has 80 heavy (non-hydrogen) atoms. The van der Waals surface area contributed by atoms with Crippen LogP contribution in [0, 0.1) is 0 Å². The predicted molar refractivity (Wildman–Crippen MR) is 291 cm³/mol. The Morgan fingerprint density at radius 2 is 1.50 bits per heavy atom. The molecule has 0 aliphatic heterocycles. The number of ether oxygens (including phenoxy) is 3. The lowest BCUT2D eigenvalue weighted by atomic mass is 9.86. The highest BCUT2D eigenvalue weighted by Crippen LogP contribution is 2.33. The van der Waals surface area contributed by atoms with E-state index < -0.39 is 61.4 Å². The highest BCUT2D eigenvalue weighted by molar-refractivity contribution is 7.94. The van der Waals surface area contributed by atoms with E-state index in [1.54, 1.807) is 42.5 Å². The van der Waals surface area contributed by atoms with Crippen molar-refractivity contribution in [2.45, 2.75) is 132 Å². The number of ketones is 1. The van der Waals surface area contributed by atoms with Gasteiger partial charge in [0.25, 0.3) is 5.91 Å². The molecule has 0 radical (unpaired) electrons. The lowest BCUT2D eigenvalue weighted by Gasteiger charge is -2.26. The number of fused-ring (bicyclic) bond motifs is 1. The van der Waals surface area contributed by atoms with E-state index in [1.165, 1.54) is 18.3 Å². The van der Waals surface area contributed by atoms with Gasteiger partial charge in [-0.05, 0) is 124 Å². The van der Waals surface area contributed by atoms with Crippen LogP contribution in [0.5, 0.6) is 17.2 Å². The minimum atomic E-state index is -1.93. The van der Waals surface area contributed by atoms with Gasteiger partial charge in [0.2, 0.25) is 11.8 Å². The lowest BCUT2D eigenvalue weighted by Crippen LogP contribution is -2.52. The van der Waals surface area contributed by atoms with Gasteiger partial charge in [-0.25, -0.2) is 10.2 Å². The number of carbonyl (C=O) groups excluding carboxylic acids is 4. The normalized spacial score (nSPS) is 14.1. The number of aliphatic hydroxyl groups excluding tert-OH is 5. The molecule has 1 heterocycles. The Morgan fingerprint density at radius 1 is 0.787 bits per heavy atom. The van der Waals surface area contributed by atoms with E-state index in [0.717, 1.165) is 66.6 Å². The fourth-order valence-electron chi connectivity index (χ4n) is 8.58. The summed E-state index contributed by atoms with van der Waals surface area (Å²) in [4.78, 5) is 68.5. The van der Waals surface area contributed by atoms with E-state index in [9.17, 15) is 49.5 Å². The van der Waals surface area contributed by atoms with Gasteiger partial charge in [0, 0.05) is 60.1 Å². The van der Waals surface area contributed by atoms with Gasteiger partial charge < -0.3 is 60.8 Å². The van der Waals surface area contributed by atoms with Crippen LogP contribution in [0.15, 0.2) is 101 Å². The first-order valence-corrected chi connectivity index (χ1v) is 27.2. The summed E-state index contributed by atoms with van der Waals surface area (Å²) in [5.74, 6) is -0.567. The summed E-state index contributed by atoms with van der Waals surface area (Å²) in [7, 11) is 0. The summed E-state index contributed by atoms with van der Waals surface area (Å²) in [6.07, 6.45) is 2.15. The van der Waals surface area contributed by atoms with E-state index in [1.807, 2.05) is 18.2 Å². The molecule has 0 saturated heterocycles. The smallest absolute Gasteiger partial charge is 0.303 e. The lowest BCUT2D eigenvalue weighted by molar-refractivity contribution is -0.432. The molecule has 23 nitrogen and oxygen atoms in total. The first-order valence-electron chi connectivity index (χ1n) is 26.5. The van der Waals surface area contributed by atoms with Crippen molar-refractivity contribution in [3.63, 3.8) is 0 Å². The van der Waals surface area contributed by atoms with Gasteiger partial charge >= 0.3 is 5.97 Å². The highest BCUT2D eigenvalue weighted by Gasteiger charge is 2.31. The summed E-state index contributed by atoms with van der Waals surface area (Å²) >= 11 is 0.776. The number of nitrogens with zero attached hydrogens (tertiary/aromatic N) is 3. The number of aliphatic hydroxyl groups is 5. The van der Waals surface area contributed by atoms with Crippen LogP contribution in [-0.2, 0) is 49.6 Å². The van der Waals surface area contributed by atoms with Crippen LogP contribution in [0.3, 0.4) is 0 Å². The van der Waals surface area contributed by atoms with Crippen molar-refractivity contribution in [1.82, 2.24) is 20.9 Å². The van der Waals surface area contributed by atoms with Crippen molar-refractivity contribution in [2.75, 3.05) is 39.5 Å². The number of carboxylic acid groups (broad SMARTS) is 1. The molecule has 1 aliphatic rings. The first-order chi connectivity index (χ1) is 38.7. The standard InChI is InChI=1S/C56H72N6O17S/c1-2-13-40-38-15-10-17-43(64)39(38)23-25-48(40)76-30-9-3-8-29-75-46-18-11-19-47(41(46)24-27-52(68)69)77-31-12-21-51(67)57-28-7-6-16-42(56(73)59-34-44(65)53(70)54(71)45(66)35-63)61-55(72)37-22-26-50(58-32-37)62-60-33-36-14-4-5-20-49(36)80-79-78-74/h2,4-5,11,14,18-20,22-23,25-26,32,42,44-45,53-54,63,65-66,70-71,74H,1,3,6-10,12-13,15-17,21,24,27-31,33-35H2,(H,57,67)(H,59,73)(H,61,72)(H,68,69). The van der Waals surface area contributed by atoms with Crippen molar-refractivity contribution in [1.29, 1.82) is 0 Å². The summed E-state index contributed by atoms with van der Waals surface area (Å²) < 4.78 is 22.9. The minimum absolute atomic E-state index is 0.0706. The number of carbonyl (C=O) groups is 5. The number of Topliss-reactive ketones (excluding diaryl/α,β-unsaturated/α-hetero) is 1. The number of carboxylic acids is 1. The number of hydrogen-bond donors (Lipinski definition) is 10. The Bertz CT molecular complexity index is 2660. The molecular formula is C56H72N6O17S. The van der Waals surface area contributed by atoms with E-state index >= 15 is 0 Å². The third kappa shape index (κ3) is 21.0. The van der Waals surface area contributed by atoms with Crippen molar-refractivity contribution in [2.24, 2.45) is 10.2 Å². The third-order valence-electron chi connectivity index (χ3n) is 12.9. The topological polar surface area (TPSA) is 347 Å². The van der Waals surface area contributed by atoms with Crippen molar-refractivity contribution in [3.8, 4) is 17.2 Å². The van der Waals surface area contributed by atoms with Gasteiger partial charge in [-0.1, -0.05) is 35.4 Å². The fraction of sp³-hybridized carbons (Fsp3) is 0.464. The second-order valence-electron chi connectivity index (χ2n) is 18.7. The zero-order valence-electron chi connectivity index (χ0n) is 44.4. The number of rotatable bonds is 38. The Balaban J connectivity index is 1.06. The molecule has 5 rings (SSSR count). The fourth-order valence-corrected chi connectivity index (χ4v) is 9.06. The summed E-state index contributed by atoms with van der Waals surface area (Å²) in [5, 5.41) is 87.2. The van der Waals surface area contributed by atoms with Gasteiger partial charge in [0.05, 0.1) is 56.7 Å². The Hall–Kier alpha value is -6.87. The zero-order chi connectivity index (χ0) is 57.7. The number of aromatic nitrogens is 1. The van der Waals surface area contributed by atoms with E-state index in [2.05, 4.69) is 47.1 Å². The third-order valence-corrected chi connectivity index (χ3v) is 13.6. The second kappa shape index (κ2) is 35.0. The van der Waals surface area contributed by atoms with Crippen molar-refractivity contribution < 1.29 is 83.5 Å². The first kappa shape index (κ1) is 64.0. The molecule has 0 bridgehead atoms. The number of amides is 3. The van der Waals surface area contributed by atoms with Gasteiger partial charge in [-0.15, -0.1) is 16.0 Å². The molecule has 5 unspecified atom stereocenters. The second-order valence-corrected chi connectivity index (χ2v) is 19.5. The van der Waals surface area contributed by atoms with Crippen LogP contribution in [0.25, 0.3) is 0 Å². The largest absolute Gasteiger partial charge is 0.493 e. The molecule has 434 valence electrons. The average Bonchev–Trinajstić information content (AvgIpc) is 3.46. The van der Waals surface area contributed by atoms with Crippen LogP contribution in [0.4, 0.5) is 5.82 Å². The maximum absolute atomic E-state index is 13.4. The zero-order valence-corrected chi connectivity index (χ0v) is 45.2. The Morgan fingerprint density at radius 3 is 2.19 bits per heavy atom. The molecule has 1 aromatic heterocycles. The van der Waals surface area contributed by atoms with Gasteiger partial charge in [0.1, 0.15) is 41.6 Å². The SMILES string of the molecule is C=CCc1c(OCCCCCOc2cccc(OCCCC(=O)NCCCCC(NC(=O)c3ccc(N=NCc4ccccc4SOOO)nc3)C(=O)NCC(O)C(O)C(O)C(O)CO)c2CCC(=O)O)ccc2c1CCCC2=O. The Kier molecular flexibility index (Phi) is 28.0. The molecule has 3 amide bonds. The number of benzene rings is 3. The maximum atomic E-state index is 13.4. The minimum Gasteiger partial charge on any atom is -0.493 e. The number of nitrogens with one attached hydrogen (secondary N) is 3. The van der Waals surface area contributed by atoms with Gasteiger partial charge in [-0.2, -0.15) is 5.11 Å². The van der Waals surface area contributed by atoms with Crippen LogP contribution < -0.4 is 30.2 Å². The number of hydrogen-bond acceptors (Lipinski definition) is 20. The quantitative estimate of drug-likeness (QED) is 0.00663. The summed E-state index contributed by atoms with van der Waals surface area (Å²) in [6.45, 7) is 3.80. The molecular weight excluding hydrogens is 1060 g/mol. The van der Waals surface area contributed by atoms with E-state index in [4.69, 9.17) is 24.6 Å². The average molecular weight is 1130 g/mol. The number of pyridine rings is 1. The van der Waals surface area contributed by atoms with Crippen LogP contribution in [0.1, 0.15) is 114 Å². The van der Waals surface area contributed by atoms with Crippen LogP contribution in [-0.4, -0.2) is 140 Å². The molecule has 0 fully saturated rings. The highest BCUT2D eigenvalue weighted by atomic mass is 32.2. The molecule has 0 saturated carbocycles. The molecule has 24 heteroatoms. The van der Waals surface area contributed by atoms with E-state index in [-0.39, 0.29) is 68.5 Å². The number of unbranched alkanes of at least 4 members (excludes halogenated alkanes) is 3. The van der Waals surface area contributed by atoms with Crippen LogP contribution in [0.2, 0.25) is 0 Å². The molecule has 10 N–H and O–H groups in total. The molecule has 3 aromatic carbocycles. The van der Waals surface area contributed by atoms with Crippen molar-refractivity contribution >= 4 is 47.3 Å². The molecule has 0 spiro atoms. The number of allylic oxidation sites excluding steroid dienone is 1. The number of azo groups is 1. The predicted octanol–water partition coefficient (Wildman–Crippen LogP) is 5.48. The molecule has 1 aliphatic carbocycles. The number of aliphatic carboxylic acids is 1. The molecule has 5 atom stereocenters. The van der Waals surface area contributed by atoms with Crippen molar-refractivity contribution in [3.05, 3.63) is 119 Å². The summed E-state index contributed by atoms with van der Waals surface area (Å²) in [5.41, 5.74) is 4.27. The van der Waals surface area contributed by atoms with E-state index in [0.29, 0.717) is 72.8 Å². The monoisotopic (exact) mass is 1130 g/mol. The van der Waals surface area contributed by atoms with Gasteiger partial charge in [-0.3, -0.25) is 24.0 Å². The maximum Gasteiger partial charge on any atom is 0.303 e. The molecule has 4 aromatic rings. The van der Waals surface area contributed by atoms with Crippen LogP contribution >= 0.6 is 12.0 Å². The summed E-state index contributed by atoms with van der Waals surface area (Å²) in [6, 6.07) is 17.7. The van der Waals surface area contributed by atoms with Gasteiger partial charge in [0.15, 0.2) is 11.6 Å². The Labute approximate surface area is 467 Å².